The van der Waals surface area contributed by atoms with Gasteiger partial charge in [0.1, 0.15) is 0 Å². The van der Waals surface area contributed by atoms with E-state index in [2.05, 4.69) is 35.0 Å². The molecule has 0 saturated carbocycles. The zero-order valence-electron chi connectivity index (χ0n) is 11.3. The summed E-state index contributed by atoms with van der Waals surface area (Å²) in [5.74, 6) is 0. The molecule has 102 valence electrons. The first-order valence-electron chi connectivity index (χ1n) is 6.79. The van der Waals surface area contributed by atoms with Crippen molar-refractivity contribution < 1.29 is 9.47 Å². The number of aromatic nitrogens is 2. The number of hydrogen-bond donors (Lipinski definition) is 1. The third-order valence-electron chi connectivity index (χ3n) is 3.14. The van der Waals surface area contributed by atoms with Crippen LogP contribution in [-0.4, -0.2) is 42.2 Å². The van der Waals surface area contributed by atoms with Crippen molar-refractivity contribution in [2.45, 2.75) is 39.5 Å². The first-order chi connectivity index (χ1) is 8.83. The third-order valence-corrected chi connectivity index (χ3v) is 3.14. The first-order valence-corrected chi connectivity index (χ1v) is 6.79. The van der Waals surface area contributed by atoms with E-state index in [1.807, 2.05) is 0 Å². The minimum absolute atomic E-state index is 0.183. The molecule has 2 rings (SSSR count). The van der Waals surface area contributed by atoms with Crippen molar-refractivity contribution >= 4 is 0 Å². The highest BCUT2D eigenvalue weighted by molar-refractivity contribution is 5.10. The van der Waals surface area contributed by atoms with Crippen LogP contribution in [0.5, 0.6) is 0 Å². The maximum Gasteiger partial charge on any atom is 0.0933 e. The molecular weight excluding hydrogens is 230 g/mol. The molecule has 5 heteroatoms. The maximum atomic E-state index is 5.59. The van der Waals surface area contributed by atoms with Crippen LogP contribution >= 0.6 is 0 Å². The lowest BCUT2D eigenvalue weighted by molar-refractivity contribution is -0.0864. The van der Waals surface area contributed by atoms with Crippen molar-refractivity contribution in [2.75, 3.05) is 26.4 Å². The summed E-state index contributed by atoms with van der Waals surface area (Å²) < 4.78 is 13.0. The molecule has 1 N–H and O–H groups in total. The SMILES string of the molecule is CCc1cc(CNCC2COCCO2)n(CC)n1. The highest BCUT2D eigenvalue weighted by Gasteiger charge is 2.14. The Morgan fingerprint density at radius 3 is 3.00 bits per heavy atom. The van der Waals surface area contributed by atoms with Crippen LogP contribution in [0, 0.1) is 0 Å². The van der Waals surface area contributed by atoms with Crippen LogP contribution in [0.4, 0.5) is 0 Å². The molecule has 0 radical (unpaired) electrons. The van der Waals surface area contributed by atoms with Crippen LogP contribution in [0.2, 0.25) is 0 Å². The summed E-state index contributed by atoms with van der Waals surface area (Å²) in [6.45, 7) is 8.95. The molecule has 18 heavy (non-hydrogen) atoms. The Morgan fingerprint density at radius 2 is 2.33 bits per heavy atom. The van der Waals surface area contributed by atoms with Crippen molar-refractivity contribution in [3.05, 3.63) is 17.5 Å². The largest absolute Gasteiger partial charge is 0.376 e. The van der Waals surface area contributed by atoms with Gasteiger partial charge in [-0.3, -0.25) is 4.68 Å². The highest BCUT2D eigenvalue weighted by atomic mass is 16.6. The molecule has 1 unspecified atom stereocenters. The van der Waals surface area contributed by atoms with E-state index in [1.165, 1.54) is 5.69 Å². The van der Waals surface area contributed by atoms with Crippen LogP contribution in [0.3, 0.4) is 0 Å². The lowest BCUT2D eigenvalue weighted by atomic mass is 10.3. The molecule has 0 bridgehead atoms. The summed E-state index contributed by atoms with van der Waals surface area (Å²) in [6, 6.07) is 2.18. The van der Waals surface area contributed by atoms with E-state index in [-0.39, 0.29) is 6.10 Å². The molecule has 1 aromatic rings. The minimum Gasteiger partial charge on any atom is -0.376 e. The fourth-order valence-electron chi connectivity index (χ4n) is 2.12. The summed E-state index contributed by atoms with van der Waals surface area (Å²) >= 11 is 0. The molecule has 0 amide bonds. The fourth-order valence-corrected chi connectivity index (χ4v) is 2.12. The van der Waals surface area contributed by atoms with Gasteiger partial charge in [-0.2, -0.15) is 5.10 Å². The van der Waals surface area contributed by atoms with Gasteiger partial charge in [0.15, 0.2) is 0 Å². The van der Waals surface area contributed by atoms with Gasteiger partial charge in [-0.05, 0) is 19.4 Å². The molecule has 1 saturated heterocycles. The van der Waals surface area contributed by atoms with Gasteiger partial charge in [0, 0.05) is 19.6 Å². The van der Waals surface area contributed by atoms with Crippen molar-refractivity contribution in [1.29, 1.82) is 0 Å². The Labute approximate surface area is 108 Å². The molecule has 0 aromatic carbocycles. The molecular formula is C13H23N3O2. The molecule has 2 heterocycles. The van der Waals surface area contributed by atoms with Crippen LogP contribution in [0.15, 0.2) is 6.07 Å². The van der Waals surface area contributed by atoms with Gasteiger partial charge in [-0.25, -0.2) is 0 Å². The summed E-state index contributed by atoms with van der Waals surface area (Å²) in [5.41, 5.74) is 2.40. The van der Waals surface area contributed by atoms with Gasteiger partial charge in [-0.1, -0.05) is 6.92 Å². The summed E-state index contributed by atoms with van der Waals surface area (Å²) in [5, 5.41) is 7.95. The zero-order chi connectivity index (χ0) is 12.8. The van der Waals surface area contributed by atoms with Gasteiger partial charge in [0.05, 0.1) is 37.3 Å². The number of ether oxygens (including phenoxy) is 2. The van der Waals surface area contributed by atoms with Gasteiger partial charge in [0.2, 0.25) is 0 Å². The molecule has 0 aliphatic carbocycles. The Bertz CT molecular complexity index is 359. The summed E-state index contributed by atoms with van der Waals surface area (Å²) in [6.07, 6.45) is 1.17. The average Bonchev–Trinajstić information content (AvgIpc) is 2.82. The summed E-state index contributed by atoms with van der Waals surface area (Å²) in [7, 11) is 0. The topological polar surface area (TPSA) is 48.3 Å². The maximum absolute atomic E-state index is 5.59. The number of nitrogens with zero attached hydrogens (tertiary/aromatic N) is 2. The van der Waals surface area contributed by atoms with Crippen LogP contribution in [-0.2, 0) is 29.0 Å². The Morgan fingerprint density at radius 1 is 1.44 bits per heavy atom. The van der Waals surface area contributed by atoms with Crippen molar-refractivity contribution in [2.24, 2.45) is 0 Å². The fraction of sp³-hybridized carbons (Fsp3) is 0.769. The van der Waals surface area contributed by atoms with Gasteiger partial charge in [-0.15, -0.1) is 0 Å². The molecule has 0 spiro atoms. The molecule has 1 atom stereocenters. The lowest BCUT2D eigenvalue weighted by Crippen LogP contribution is -2.37. The lowest BCUT2D eigenvalue weighted by Gasteiger charge is -2.23. The van der Waals surface area contributed by atoms with E-state index < -0.39 is 0 Å². The second-order valence-corrected chi connectivity index (χ2v) is 4.49. The quantitative estimate of drug-likeness (QED) is 0.820. The minimum atomic E-state index is 0.183. The van der Waals surface area contributed by atoms with E-state index in [9.17, 15) is 0 Å². The predicted molar refractivity (Wildman–Crippen MR) is 69.5 cm³/mol. The van der Waals surface area contributed by atoms with Crippen LogP contribution in [0.25, 0.3) is 0 Å². The van der Waals surface area contributed by atoms with Crippen LogP contribution in [0.1, 0.15) is 25.2 Å². The van der Waals surface area contributed by atoms with E-state index in [1.54, 1.807) is 0 Å². The smallest absolute Gasteiger partial charge is 0.0933 e. The average molecular weight is 253 g/mol. The van der Waals surface area contributed by atoms with Gasteiger partial charge >= 0.3 is 0 Å². The normalized spacial score (nSPS) is 20.2. The number of nitrogens with one attached hydrogen (secondary N) is 1. The highest BCUT2D eigenvalue weighted by Crippen LogP contribution is 2.06. The Kier molecular flexibility index (Phi) is 5.16. The van der Waals surface area contributed by atoms with Crippen molar-refractivity contribution in [3.63, 3.8) is 0 Å². The molecule has 5 nitrogen and oxygen atoms in total. The molecule has 1 aliphatic heterocycles. The second-order valence-electron chi connectivity index (χ2n) is 4.49. The van der Waals surface area contributed by atoms with E-state index in [0.717, 1.165) is 38.4 Å². The van der Waals surface area contributed by atoms with Crippen LogP contribution < -0.4 is 5.32 Å². The standard InChI is InChI=1S/C13H23N3O2/c1-3-11-7-12(16(4-2)15-11)8-14-9-13-10-17-5-6-18-13/h7,13-14H,3-6,8-10H2,1-2H3. The zero-order valence-corrected chi connectivity index (χ0v) is 11.3. The van der Waals surface area contributed by atoms with Crippen molar-refractivity contribution in [3.8, 4) is 0 Å². The number of hydrogen-bond acceptors (Lipinski definition) is 4. The van der Waals surface area contributed by atoms with Gasteiger partial charge < -0.3 is 14.8 Å². The Hall–Kier alpha value is -0.910. The number of rotatable bonds is 6. The van der Waals surface area contributed by atoms with E-state index in [4.69, 9.17) is 9.47 Å². The Balaban J connectivity index is 1.79. The second kappa shape index (κ2) is 6.87. The monoisotopic (exact) mass is 253 g/mol. The first kappa shape index (κ1) is 13.5. The van der Waals surface area contributed by atoms with Gasteiger partial charge in [0.25, 0.3) is 0 Å². The van der Waals surface area contributed by atoms with Crippen molar-refractivity contribution in [1.82, 2.24) is 15.1 Å². The number of aryl methyl sites for hydroxylation is 2. The summed E-state index contributed by atoms with van der Waals surface area (Å²) in [4.78, 5) is 0. The molecule has 1 aromatic heterocycles. The van der Waals surface area contributed by atoms with E-state index >= 15 is 0 Å². The molecule has 1 aliphatic rings. The van der Waals surface area contributed by atoms with E-state index in [0.29, 0.717) is 13.2 Å². The third kappa shape index (κ3) is 3.54. The predicted octanol–water partition coefficient (Wildman–Crippen LogP) is 0.970. The molecule has 1 fully saturated rings.